The molecule has 1 aromatic rings. The molecule has 1 saturated heterocycles. The van der Waals surface area contributed by atoms with Gasteiger partial charge in [0.2, 0.25) is 0 Å². The molecule has 1 aliphatic rings. The van der Waals surface area contributed by atoms with Gasteiger partial charge in [0.15, 0.2) is 0 Å². The van der Waals surface area contributed by atoms with Gasteiger partial charge in [0, 0.05) is 19.2 Å². The number of pyridine rings is 1. The number of alkyl halides is 2. The van der Waals surface area contributed by atoms with Crippen molar-refractivity contribution in [1.29, 1.82) is 0 Å². The van der Waals surface area contributed by atoms with Crippen molar-refractivity contribution in [3.8, 4) is 0 Å². The van der Waals surface area contributed by atoms with Crippen molar-refractivity contribution in [3.63, 3.8) is 0 Å². The van der Waals surface area contributed by atoms with Gasteiger partial charge < -0.3 is 4.74 Å². The second-order valence-electron chi connectivity index (χ2n) is 7.63. The lowest BCUT2D eigenvalue weighted by molar-refractivity contribution is -0.165. The molecular weight excluding hydrogens is 314 g/mol. The number of carbonyl (C=O) groups is 1. The van der Waals surface area contributed by atoms with Crippen LogP contribution in [0.5, 0.6) is 0 Å². The molecule has 0 saturated carbocycles. The Bertz CT molecular complexity index is 570. The summed E-state index contributed by atoms with van der Waals surface area (Å²) in [5.74, 6) is -3.54. The minimum Gasteiger partial charge on any atom is -0.459 e. The Labute approximate surface area is 142 Å². The fourth-order valence-corrected chi connectivity index (χ4v) is 3.16. The van der Waals surface area contributed by atoms with E-state index in [0.29, 0.717) is 0 Å². The predicted molar refractivity (Wildman–Crippen MR) is 87.7 cm³/mol. The molecule has 4 nitrogen and oxygen atoms in total. The van der Waals surface area contributed by atoms with Crippen LogP contribution in [0.1, 0.15) is 52.8 Å². The summed E-state index contributed by atoms with van der Waals surface area (Å²) in [7, 11) is 0. The Kier molecular flexibility index (Phi) is 5.28. The molecule has 0 spiro atoms. The third kappa shape index (κ3) is 4.09. The summed E-state index contributed by atoms with van der Waals surface area (Å²) in [5, 5.41) is 0. The molecule has 1 fully saturated rings. The number of carbonyl (C=O) groups excluding carboxylic acids is 1. The van der Waals surface area contributed by atoms with E-state index >= 15 is 0 Å². The standard InChI is InChI=1S/C18H26F2N2O2/c1-12(2)14(16(23)24-17(3,4)5)22-11-9-18(19,20)15(22)13-8-6-7-10-21-13/h6-8,10,12,14-15H,9,11H2,1-5H3/t14-,15-/m0/s1. The predicted octanol–water partition coefficient (Wildman–Crippen LogP) is 3.83. The van der Waals surface area contributed by atoms with Crippen molar-refractivity contribution >= 4 is 5.97 Å². The summed E-state index contributed by atoms with van der Waals surface area (Å²) in [4.78, 5) is 18.3. The van der Waals surface area contributed by atoms with E-state index in [-0.39, 0.29) is 24.6 Å². The molecule has 134 valence electrons. The number of ether oxygens (including phenoxy) is 1. The monoisotopic (exact) mass is 340 g/mol. The summed E-state index contributed by atoms with van der Waals surface area (Å²) in [6, 6.07) is 3.02. The van der Waals surface area contributed by atoms with Crippen LogP contribution in [0.4, 0.5) is 8.78 Å². The molecule has 0 radical (unpaired) electrons. The van der Waals surface area contributed by atoms with Crippen molar-refractivity contribution in [1.82, 2.24) is 9.88 Å². The summed E-state index contributed by atoms with van der Waals surface area (Å²) >= 11 is 0. The van der Waals surface area contributed by atoms with E-state index in [9.17, 15) is 13.6 Å². The largest absolute Gasteiger partial charge is 0.459 e. The van der Waals surface area contributed by atoms with Gasteiger partial charge in [-0.15, -0.1) is 0 Å². The lowest BCUT2D eigenvalue weighted by Gasteiger charge is -2.36. The molecule has 2 heterocycles. The van der Waals surface area contributed by atoms with Crippen molar-refractivity contribution in [2.75, 3.05) is 6.54 Å². The van der Waals surface area contributed by atoms with Crippen LogP contribution in [0.3, 0.4) is 0 Å². The molecule has 0 aliphatic carbocycles. The van der Waals surface area contributed by atoms with E-state index in [0.717, 1.165) is 0 Å². The van der Waals surface area contributed by atoms with Gasteiger partial charge in [-0.3, -0.25) is 14.7 Å². The van der Waals surface area contributed by atoms with Gasteiger partial charge >= 0.3 is 5.97 Å². The van der Waals surface area contributed by atoms with E-state index < -0.39 is 29.6 Å². The van der Waals surface area contributed by atoms with Crippen LogP contribution in [0, 0.1) is 5.92 Å². The van der Waals surface area contributed by atoms with Crippen LogP contribution < -0.4 is 0 Å². The van der Waals surface area contributed by atoms with Crippen molar-refractivity contribution in [2.45, 2.75) is 64.6 Å². The number of hydrogen-bond donors (Lipinski definition) is 0. The SMILES string of the molecule is CC(C)[C@@H](C(=O)OC(C)(C)C)N1CCC(F)(F)[C@@H]1c1ccccn1. The van der Waals surface area contributed by atoms with Crippen LogP contribution in [0.15, 0.2) is 24.4 Å². The normalized spacial score (nSPS) is 22.6. The first-order valence-electron chi connectivity index (χ1n) is 8.30. The number of halogens is 2. The Balaban J connectivity index is 2.36. The van der Waals surface area contributed by atoms with Crippen molar-refractivity contribution in [2.24, 2.45) is 5.92 Å². The smallest absolute Gasteiger partial charge is 0.324 e. The van der Waals surface area contributed by atoms with Crippen LogP contribution in [0.25, 0.3) is 0 Å². The van der Waals surface area contributed by atoms with Gasteiger partial charge in [-0.1, -0.05) is 19.9 Å². The number of hydrogen-bond acceptors (Lipinski definition) is 4. The molecule has 0 N–H and O–H groups in total. The topological polar surface area (TPSA) is 42.4 Å². The second kappa shape index (κ2) is 6.75. The Hall–Kier alpha value is -1.56. The Morgan fingerprint density at radius 2 is 2.04 bits per heavy atom. The van der Waals surface area contributed by atoms with Gasteiger partial charge in [-0.25, -0.2) is 8.78 Å². The van der Waals surface area contributed by atoms with E-state index in [4.69, 9.17) is 4.74 Å². The first-order valence-corrected chi connectivity index (χ1v) is 8.30. The zero-order valence-corrected chi connectivity index (χ0v) is 14.9. The van der Waals surface area contributed by atoms with E-state index in [1.807, 2.05) is 13.8 Å². The van der Waals surface area contributed by atoms with Gasteiger partial charge in [-0.2, -0.15) is 0 Å². The molecule has 24 heavy (non-hydrogen) atoms. The van der Waals surface area contributed by atoms with Gasteiger partial charge in [0.05, 0.1) is 5.69 Å². The van der Waals surface area contributed by atoms with E-state index in [1.165, 1.54) is 6.20 Å². The Morgan fingerprint density at radius 3 is 2.54 bits per heavy atom. The van der Waals surface area contributed by atoms with Crippen molar-refractivity contribution < 1.29 is 18.3 Å². The maximum atomic E-state index is 14.5. The molecule has 0 bridgehead atoms. The summed E-state index contributed by atoms with van der Waals surface area (Å²) in [6.45, 7) is 9.16. The summed E-state index contributed by atoms with van der Waals surface area (Å²) in [6.07, 6.45) is 1.21. The van der Waals surface area contributed by atoms with Crippen LogP contribution in [0.2, 0.25) is 0 Å². The minimum atomic E-state index is -2.93. The molecule has 1 aliphatic heterocycles. The second-order valence-corrected chi connectivity index (χ2v) is 7.63. The molecule has 2 rings (SSSR count). The molecule has 0 aromatic carbocycles. The fourth-order valence-electron chi connectivity index (χ4n) is 3.16. The highest BCUT2D eigenvalue weighted by molar-refractivity contribution is 5.76. The molecule has 1 aromatic heterocycles. The van der Waals surface area contributed by atoms with E-state index in [2.05, 4.69) is 4.98 Å². The van der Waals surface area contributed by atoms with E-state index in [1.54, 1.807) is 43.9 Å². The average molecular weight is 340 g/mol. The molecule has 0 amide bonds. The van der Waals surface area contributed by atoms with Crippen molar-refractivity contribution in [3.05, 3.63) is 30.1 Å². The fraction of sp³-hybridized carbons (Fsp3) is 0.667. The molecule has 0 unspecified atom stereocenters. The number of likely N-dealkylation sites (tertiary alicyclic amines) is 1. The number of nitrogens with zero attached hydrogens (tertiary/aromatic N) is 2. The van der Waals surface area contributed by atoms with Gasteiger partial charge in [0.25, 0.3) is 5.92 Å². The first-order chi connectivity index (χ1) is 11.0. The average Bonchev–Trinajstić information content (AvgIpc) is 2.73. The van der Waals surface area contributed by atoms with Crippen LogP contribution in [-0.4, -0.2) is 40.0 Å². The molecular formula is C18H26F2N2O2. The van der Waals surface area contributed by atoms with Crippen LogP contribution in [-0.2, 0) is 9.53 Å². The highest BCUT2D eigenvalue weighted by Gasteiger charge is 2.54. The lowest BCUT2D eigenvalue weighted by atomic mass is 9.99. The number of rotatable bonds is 4. The maximum absolute atomic E-state index is 14.5. The summed E-state index contributed by atoms with van der Waals surface area (Å²) in [5.41, 5.74) is -0.373. The minimum absolute atomic E-state index is 0.135. The molecule has 2 atom stereocenters. The van der Waals surface area contributed by atoms with Crippen LogP contribution >= 0.6 is 0 Å². The quantitative estimate of drug-likeness (QED) is 0.781. The first kappa shape index (κ1) is 18.8. The van der Waals surface area contributed by atoms with Gasteiger partial charge in [-0.05, 0) is 38.8 Å². The number of esters is 1. The van der Waals surface area contributed by atoms with Gasteiger partial charge in [0.1, 0.15) is 17.7 Å². The molecule has 6 heteroatoms. The number of aromatic nitrogens is 1. The zero-order chi connectivity index (χ0) is 18.1. The Morgan fingerprint density at radius 1 is 1.38 bits per heavy atom. The lowest BCUT2D eigenvalue weighted by Crippen LogP contribution is -2.48. The summed E-state index contributed by atoms with van der Waals surface area (Å²) < 4.78 is 34.6. The highest BCUT2D eigenvalue weighted by Crippen LogP contribution is 2.45. The third-order valence-electron chi connectivity index (χ3n) is 4.04. The maximum Gasteiger partial charge on any atom is 0.324 e. The zero-order valence-electron chi connectivity index (χ0n) is 14.9. The third-order valence-corrected chi connectivity index (χ3v) is 4.04. The highest BCUT2D eigenvalue weighted by atomic mass is 19.3.